The molecule has 0 aromatic carbocycles. The Bertz CT molecular complexity index is 407. The molecule has 1 aliphatic heterocycles. The lowest BCUT2D eigenvalue weighted by Gasteiger charge is -2.43. The van der Waals surface area contributed by atoms with Crippen LogP contribution in [-0.2, 0) is 0 Å². The van der Waals surface area contributed by atoms with Gasteiger partial charge in [-0.25, -0.2) is 0 Å². The van der Waals surface area contributed by atoms with Gasteiger partial charge >= 0.3 is 0 Å². The zero-order chi connectivity index (χ0) is 13.9. The van der Waals surface area contributed by atoms with Crippen LogP contribution in [0.4, 0.5) is 0 Å². The van der Waals surface area contributed by atoms with E-state index in [1.165, 1.54) is 6.20 Å². The molecule has 1 aromatic rings. The molecule has 0 radical (unpaired) electrons. The number of amides is 1. The number of hydrogen-bond acceptors (Lipinski definition) is 4. The first kappa shape index (κ1) is 14.0. The predicted octanol–water partition coefficient (Wildman–Crippen LogP) is 0.166. The van der Waals surface area contributed by atoms with Crippen LogP contribution in [0, 0.1) is 0 Å². The minimum absolute atomic E-state index is 0.0271. The molecule has 0 spiro atoms. The molecule has 1 fully saturated rings. The van der Waals surface area contributed by atoms with Gasteiger partial charge in [0.05, 0.1) is 11.8 Å². The summed E-state index contributed by atoms with van der Waals surface area (Å²) in [4.78, 5) is 16.7. The lowest BCUT2D eigenvalue weighted by Crippen LogP contribution is -2.57. The Hall–Kier alpha value is -1.40. The SMILES string of the molecule is CN1CCN(C(C)(C)CNC(=O)c2cn[nH]c2)CC1. The van der Waals surface area contributed by atoms with Crippen molar-refractivity contribution in [3.8, 4) is 0 Å². The first-order valence-corrected chi connectivity index (χ1v) is 6.69. The molecular weight excluding hydrogens is 242 g/mol. The summed E-state index contributed by atoms with van der Waals surface area (Å²) in [6, 6.07) is 0. The van der Waals surface area contributed by atoms with Gasteiger partial charge in [0, 0.05) is 44.5 Å². The highest BCUT2D eigenvalue weighted by atomic mass is 16.1. The van der Waals surface area contributed by atoms with Crippen LogP contribution in [0.1, 0.15) is 24.2 Å². The molecule has 6 heteroatoms. The van der Waals surface area contributed by atoms with Crippen LogP contribution in [-0.4, -0.2) is 71.2 Å². The van der Waals surface area contributed by atoms with E-state index in [1.807, 2.05) is 0 Å². The zero-order valence-electron chi connectivity index (χ0n) is 11.9. The van der Waals surface area contributed by atoms with Gasteiger partial charge in [0.1, 0.15) is 0 Å². The van der Waals surface area contributed by atoms with Crippen LogP contribution in [0.5, 0.6) is 0 Å². The van der Waals surface area contributed by atoms with Crippen molar-refractivity contribution in [3.63, 3.8) is 0 Å². The standard InChI is InChI=1S/C13H23N5O/c1-13(2,18-6-4-17(3)5-7-18)10-14-12(19)11-8-15-16-9-11/h8-9H,4-7,10H2,1-3H3,(H,14,19)(H,15,16). The van der Waals surface area contributed by atoms with Crippen molar-refractivity contribution in [1.29, 1.82) is 0 Å². The van der Waals surface area contributed by atoms with E-state index in [0.717, 1.165) is 26.2 Å². The van der Waals surface area contributed by atoms with Gasteiger partial charge in [-0.1, -0.05) is 0 Å². The third kappa shape index (κ3) is 3.54. The third-order valence-corrected chi connectivity index (χ3v) is 3.80. The summed E-state index contributed by atoms with van der Waals surface area (Å²) in [5, 5.41) is 9.41. The number of H-pyrrole nitrogens is 1. The van der Waals surface area contributed by atoms with Crippen molar-refractivity contribution in [2.24, 2.45) is 0 Å². The zero-order valence-corrected chi connectivity index (χ0v) is 11.9. The Morgan fingerprint density at radius 2 is 2.11 bits per heavy atom. The van der Waals surface area contributed by atoms with E-state index in [4.69, 9.17) is 0 Å². The second kappa shape index (κ2) is 5.71. The average molecular weight is 265 g/mol. The number of piperazine rings is 1. The molecule has 1 saturated heterocycles. The second-order valence-electron chi connectivity index (χ2n) is 5.77. The normalized spacial score (nSPS) is 18.5. The molecule has 6 nitrogen and oxygen atoms in total. The molecule has 1 amide bonds. The quantitative estimate of drug-likeness (QED) is 0.814. The summed E-state index contributed by atoms with van der Waals surface area (Å²) >= 11 is 0. The highest BCUT2D eigenvalue weighted by Crippen LogP contribution is 2.15. The molecule has 0 atom stereocenters. The monoisotopic (exact) mass is 265 g/mol. The number of nitrogens with one attached hydrogen (secondary N) is 2. The summed E-state index contributed by atoms with van der Waals surface area (Å²) in [7, 11) is 2.14. The lowest BCUT2D eigenvalue weighted by molar-refractivity contribution is 0.0588. The molecular formula is C13H23N5O. The Labute approximate surface area is 114 Å². The summed E-state index contributed by atoms with van der Waals surface area (Å²) in [6.07, 6.45) is 3.15. The molecule has 0 saturated carbocycles. The average Bonchev–Trinajstić information content (AvgIpc) is 2.90. The van der Waals surface area contributed by atoms with E-state index in [1.54, 1.807) is 6.20 Å². The largest absolute Gasteiger partial charge is 0.350 e. The van der Waals surface area contributed by atoms with Crippen molar-refractivity contribution < 1.29 is 4.79 Å². The van der Waals surface area contributed by atoms with Crippen LogP contribution in [0.3, 0.4) is 0 Å². The van der Waals surface area contributed by atoms with Crippen molar-refractivity contribution in [1.82, 2.24) is 25.3 Å². The fourth-order valence-electron chi connectivity index (χ4n) is 2.30. The van der Waals surface area contributed by atoms with Gasteiger partial charge in [-0.15, -0.1) is 0 Å². The third-order valence-electron chi connectivity index (χ3n) is 3.80. The first-order valence-electron chi connectivity index (χ1n) is 6.69. The van der Waals surface area contributed by atoms with E-state index in [9.17, 15) is 4.79 Å². The molecule has 1 aliphatic rings. The van der Waals surface area contributed by atoms with Crippen molar-refractivity contribution in [2.45, 2.75) is 19.4 Å². The molecule has 0 aliphatic carbocycles. The van der Waals surface area contributed by atoms with Gasteiger partial charge in [0.25, 0.3) is 5.91 Å². The Balaban J connectivity index is 1.85. The molecule has 2 N–H and O–H groups in total. The lowest BCUT2D eigenvalue weighted by atomic mass is 10.0. The predicted molar refractivity (Wildman–Crippen MR) is 74.1 cm³/mol. The van der Waals surface area contributed by atoms with Crippen molar-refractivity contribution in [3.05, 3.63) is 18.0 Å². The number of aromatic amines is 1. The molecule has 0 unspecified atom stereocenters. The number of rotatable bonds is 4. The number of nitrogens with zero attached hydrogens (tertiary/aromatic N) is 3. The summed E-state index contributed by atoms with van der Waals surface area (Å²) in [5.74, 6) is -0.0732. The van der Waals surface area contributed by atoms with Gasteiger partial charge in [-0.3, -0.25) is 14.8 Å². The number of carbonyl (C=O) groups is 1. The maximum absolute atomic E-state index is 11.9. The maximum atomic E-state index is 11.9. The van der Waals surface area contributed by atoms with Crippen molar-refractivity contribution >= 4 is 5.91 Å². The number of hydrogen-bond donors (Lipinski definition) is 2. The maximum Gasteiger partial charge on any atom is 0.254 e. The van der Waals surface area contributed by atoms with Crippen molar-refractivity contribution in [2.75, 3.05) is 39.8 Å². The van der Waals surface area contributed by atoms with Gasteiger partial charge in [-0.2, -0.15) is 5.10 Å². The van der Waals surface area contributed by atoms with Gasteiger partial charge in [0.2, 0.25) is 0 Å². The second-order valence-corrected chi connectivity index (χ2v) is 5.77. The minimum atomic E-state index is -0.0732. The topological polar surface area (TPSA) is 64.3 Å². The van der Waals surface area contributed by atoms with E-state index < -0.39 is 0 Å². The molecule has 0 bridgehead atoms. The molecule has 106 valence electrons. The van der Waals surface area contributed by atoms with Crippen LogP contribution < -0.4 is 5.32 Å². The van der Waals surface area contributed by atoms with Gasteiger partial charge < -0.3 is 10.2 Å². The Morgan fingerprint density at radius 3 is 2.68 bits per heavy atom. The van der Waals surface area contributed by atoms with Crippen LogP contribution >= 0.6 is 0 Å². The van der Waals surface area contributed by atoms with Crippen LogP contribution in [0.25, 0.3) is 0 Å². The fraction of sp³-hybridized carbons (Fsp3) is 0.692. The summed E-state index contributed by atoms with van der Waals surface area (Å²) in [5.41, 5.74) is 0.551. The van der Waals surface area contributed by atoms with Gasteiger partial charge in [0.15, 0.2) is 0 Å². The number of aromatic nitrogens is 2. The van der Waals surface area contributed by atoms with E-state index in [0.29, 0.717) is 12.1 Å². The number of carbonyl (C=O) groups excluding carboxylic acids is 1. The van der Waals surface area contributed by atoms with E-state index >= 15 is 0 Å². The number of likely N-dealkylation sites (N-methyl/N-ethyl adjacent to an activating group) is 1. The van der Waals surface area contributed by atoms with Gasteiger partial charge in [-0.05, 0) is 20.9 Å². The van der Waals surface area contributed by atoms with Crippen LogP contribution in [0.15, 0.2) is 12.4 Å². The smallest absolute Gasteiger partial charge is 0.254 e. The molecule has 2 rings (SSSR count). The first-order chi connectivity index (χ1) is 8.99. The van der Waals surface area contributed by atoms with E-state index in [-0.39, 0.29) is 11.4 Å². The molecule has 2 heterocycles. The van der Waals surface area contributed by atoms with E-state index in [2.05, 4.69) is 46.2 Å². The summed E-state index contributed by atoms with van der Waals surface area (Å²) < 4.78 is 0. The summed E-state index contributed by atoms with van der Waals surface area (Å²) in [6.45, 7) is 9.25. The molecule has 1 aromatic heterocycles. The molecule has 19 heavy (non-hydrogen) atoms. The van der Waals surface area contributed by atoms with Crippen LogP contribution in [0.2, 0.25) is 0 Å². The minimum Gasteiger partial charge on any atom is -0.350 e. The fourth-order valence-corrected chi connectivity index (χ4v) is 2.30. The highest BCUT2D eigenvalue weighted by Gasteiger charge is 2.29. The Morgan fingerprint density at radius 1 is 1.42 bits per heavy atom. The Kier molecular flexibility index (Phi) is 4.21. The highest BCUT2D eigenvalue weighted by molar-refractivity contribution is 5.93.